The van der Waals surface area contributed by atoms with Crippen LogP contribution >= 0.6 is 0 Å². The molecule has 2 rings (SSSR count). The third kappa shape index (κ3) is 6.50. The van der Waals surface area contributed by atoms with Crippen molar-refractivity contribution in [1.82, 2.24) is 0 Å². The number of hydrogen-bond acceptors (Lipinski definition) is 4. The van der Waals surface area contributed by atoms with Gasteiger partial charge in [0.05, 0.1) is 11.7 Å². The van der Waals surface area contributed by atoms with E-state index >= 15 is 0 Å². The van der Waals surface area contributed by atoms with Crippen molar-refractivity contribution in [3.05, 3.63) is 12.2 Å². The van der Waals surface area contributed by atoms with Gasteiger partial charge in [0, 0.05) is 24.9 Å². The molecule has 25 heavy (non-hydrogen) atoms. The molecule has 0 amide bonds. The second-order valence-electron chi connectivity index (χ2n) is 8.12. The van der Waals surface area contributed by atoms with Gasteiger partial charge in [-0.25, -0.2) is 0 Å². The molecule has 3 atom stereocenters. The standard InChI is InChI=1S/C21H36O4/c22-15-8-3-1-2-5-10-17-18(20(24)16-19(17)23)11-9-14-21(25)12-6-4-7-13-21/h9,11,17-18,20,22,24-25H,1-8,10,12-16H2/b11-9+/t17-,18-,20-/m1/s1. The Balaban J connectivity index is 1.79. The van der Waals surface area contributed by atoms with E-state index in [1.165, 1.54) is 6.42 Å². The first-order chi connectivity index (χ1) is 12.1. The number of carbonyl (C=O) groups is 1. The van der Waals surface area contributed by atoms with Crippen molar-refractivity contribution in [1.29, 1.82) is 0 Å². The lowest BCUT2D eigenvalue weighted by molar-refractivity contribution is -0.121. The molecule has 0 heterocycles. The van der Waals surface area contributed by atoms with E-state index in [0.29, 0.717) is 6.42 Å². The number of aliphatic hydroxyl groups is 3. The zero-order valence-electron chi connectivity index (χ0n) is 15.5. The van der Waals surface area contributed by atoms with Gasteiger partial charge in [-0.05, 0) is 32.1 Å². The maximum atomic E-state index is 12.2. The number of ketones is 1. The van der Waals surface area contributed by atoms with Crippen LogP contribution in [0.5, 0.6) is 0 Å². The molecule has 144 valence electrons. The number of aliphatic hydroxyl groups excluding tert-OH is 2. The Morgan fingerprint density at radius 1 is 1.04 bits per heavy atom. The van der Waals surface area contributed by atoms with Crippen LogP contribution in [-0.2, 0) is 4.79 Å². The fourth-order valence-corrected chi connectivity index (χ4v) is 4.46. The van der Waals surface area contributed by atoms with Crippen molar-refractivity contribution in [2.45, 2.75) is 95.2 Å². The van der Waals surface area contributed by atoms with Crippen LogP contribution in [0.4, 0.5) is 0 Å². The van der Waals surface area contributed by atoms with E-state index in [-0.39, 0.29) is 30.6 Å². The highest BCUT2D eigenvalue weighted by Crippen LogP contribution is 2.36. The van der Waals surface area contributed by atoms with Gasteiger partial charge in [0.15, 0.2) is 0 Å². The summed E-state index contributed by atoms with van der Waals surface area (Å²) in [5, 5.41) is 29.6. The maximum Gasteiger partial charge on any atom is 0.139 e. The SMILES string of the molecule is O=C1C[C@@H](O)[C@H](/C=C/CC2(O)CCCCC2)[C@H]1CCCCCCCO. The molecule has 2 fully saturated rings. The van der Waals surface area contributed by atoms with Crippen LogP contribution in [0.3, 0.4) is 0 Å². The molecule has 0 aromatic rings. The lowest BCUT2D eigenvalue weighted by Crippen LogP contribution is -2.30. The molecular weight excluding hydrogens is 316 g/mol. The number of hydrogen-bond donors (Lipinski definition) is 3. The van der Waals surface area contributed by atoms with E-state index in [9.17, 15) is 15.0 Å². The molecule has 0 aromatic heterocycles. The van der Waals surface area contributed by atoms with Crippen LogP contribution in [0.1, 0.15) is 83.5 Å². The molecule has 0 spiro atoms. The summed E-state index contributed by atoms with van der Waals surface area (Å²) in [6.45, 7) is 0.256. The Hall–Kier alpha value is -0.710. The second-order valence-corrected chi connectivity index (χ2v) is 8.12. The van der Waals surface area contributed by atoms with Crippen LogP contribution in [-0.4, -0.2) is 39.4 Å². The van der Waals surface area contributed by atoms with Crippen molar-refractivity contribution >= 4 is 5.78 Å². The summed E-state index contributed by atoms with van der Waals surface area (Å²) < 4.78 is 0. The molecule has 0 aromatic carbocycles. The molecule has 2 saturated carbocycles. The molecule has 0 bridgehead atoms. The third-order valence-corrected chi connectivity index (χ3v) is 6.05. The Labute approximate surface area is 152 Å². The number of rotatable bonds is 10. The predicted octanol–water partition coefficient (Wildman–Crippen LogP) is 3.53. The zero-order chi connectivity index (χ0) is 18.1. The minimum atomic E-state index is -0.579. The lowest BCUT2D eigenvalue weighted by Gasteiger charge is -2.31. The first kappa shape index (κ1) is 20.6. The molecule has 0 unspecified atom stereocenters. The summed E-state index contributed by atoms with van der Waals surface area (Å²) >= 11 is 0. The Bertz CT molecular complexity index is 426. The van der Waals surface area contributed by atoms with Gasteiger partial charge in [-0.3, -0.25) is 4.79 Å². The molecule has 3 N–H and O–H groups in total. The van der Waals surface area contributed by atoms with Crippen molar-refractivity contribution in [3.63, 3.8) is 0 Å². The fraction of sp³-hybridized carbons (Fsp3) is 0.857. The highest BCUT2D eigenvalue weighted by Gasteiger charge is 2.39. The van der Waals surface area contributed by atoms with Crippen molar-refractivity contribution in [2.75, 3.05) is 6.61 Å². The summed E-state index contributed by atoms with van der Waals surface area (Å²) in [5.41, 5.74) is -0.579. The molecule has 4 nitrogen and oxygen atoms in total. The topological polar surface area (TPSA) is 77.8 Å². The Morgan fingerprint density at radius 3 is 2.44 bits per heavy atom. The van der Waals surface area contributed by atoms with E-state index in [1.54, 1.807) is 0 Å². The Kier molecular flexibility index (Phi) is 8.60. The predicted molar refractivity (Wildman–Crippen MR) is 99.2 cm³/mol. The molecule has 0 radical (unpaired) electrons. The van der Waals surface area contributed by atoms with Crippen LogP contribution in [0.15, 0.2) is 12.2 Å². The zero-order valence-corrected chi connectivity index (χ0v) is 15.5. The number of carbonyl (C=O) groups excluding carboxylic acids is 1. The lowest BCUT2D eigenvalue weighted by atomic mass is 9.81. The monoisotopic (exact) mass is 352 g/mol. The van der Waals surface area contributed by atoms with Gasteiger partial charge in [0.1, 0.15) is 5.78 Å². The second kappa shape index (κ2) is 10.4. The summed E-state index contributed by atoms with van der Waals surface area (Å²) in [6.07, 6.45) is 15.4. The van der Waals surface area contributed by atoms with E-state index in [4.69, 9.17) is 5.11 Å². The first-order valence-electron chi connectivity index (χ1n) is 10.3. The minimum absolute atomic E-state index is 0.0647. The summed E-state index contributed by atoms with van der Waals surface area (Å²) in [5.74, 6) is 0.0381. The molecule has 2 aliphatic rings. The van der Waals surface area contributed by atoms with Gasteiger partial charge in [0.2, 0.25) is 0 Å². The van der Waals surface area contributed by atoms with E-state index in [0.717, 1.165) is 64.2 Å². The molecule has 0 saturated heterocycles. The van der Waals surface area contributed by atoms with Crippen molar-refractivity contribution in [3.8, 4) is 0 Å². The van der Waals surface area contributed by atoms with Gasteiger partial charge in [0.25, 0.3) is 0 Å². The summed E-state index contributed by atoms with van der Waals surface area (Å²) in [6, 6.07) is 0. The highest BCUT2D eigenvalue weighted by atomic mass is 16.3. The van der Waals surface area contributed by atoms with Crippen LogP contribution in [0, 0.1) is 11.8 Å². The fourth-order valence-electron chi connectivity index (χ4n) is 4.46. The Morgan fingerprint density at radius 2 is 1.72 bits per heavy atom. The normalized spacial score (nSPS) is 29.6. The molecule has 0 aliphatic heterocycles. The van der Waals surface area contributed by atoms with Crippen molar-refractivity contribution < 1.29 is 20.1 Å². The van der Waals surface area contributed by atoms with Crippen LogP contribution in [0.2, 0.25) is 0 Å². The molecule has 2 aliphatic carbocycles. The smallest absolute Gasteiger partial charge is 0.139 e. The summed E-state index contributed by atoms with van der Waals surface area (Å²) in [7, 11) is 0. The first-order valence-corrected chi connectivity index (χ1v) is 10.3. The number of Topliss-reactive ketones (excluding diaryl/α,β-unsaturated/α-hetero) is 1. The average molecular weight is 353 g/mol. The minimum Gasteiger partial charge on any atom is -0.396 e. The van der Waals surface area contributed by atoms with E-state index < -0.39 is 11.7 Å². The maximum absolute atomic E-state index is 12.2. The van der Waals surface area contributed by atoms with Crippen LogP contribution < -0.4 is 0 Å². The van der Waals surface area contributed by atoms with Gasteiger partial charge in [-0.2, -0.15) is 0 Å². The molecule has 4 heteroatoms. The average Bonchev–Trinajstić information content (AvgIpc) is 2.85. The molecular formula is C21H36O4. The summed E-state index contributed by atoms with van der Waals surface area (Å²) in [4.78, 5) is 12.2. The number of unbranched alkanes of at least 4 members (excludes halogenated alkanes) is 4. The van der Waals surface area contributed by atoms with Gasteiger partial charge in [-0.1, -0.05) is 57.1 Å². The highest BCUT2D eigenvalue weighted by molar-refractivity contribution is 5.84. The largest absolute Gasteiger partial charge is 0.396 e. The quantitative estimate of drug-likeness (QED) is 0.415. The van der Waals surface area contributed by atoms with Gasteiger partial charge in [-0.15, -0.1) is 0 Å². The van der Waals surface area contributed by atoms with Gasteiger partial charge < -0.3 is 15.3 Å². The van der Waals surface area contributed by atoms with E-state index in [1.807, 2.05) is 12.2 Å². The van der Waals surface area contributed by atoms with Gasteiger partial charge >= 0.3 is 0 Å². The van der Waals surface area contributed by atoms with E-state index in [2.05, 4.69) is 0 Å². The van der Waals surface area contributed by atoms with Crippen LogP contribution in [0.25, 0.3) is 0 Å². The third-order valence-electron chi connectivity index (χ3n) is 6.05. The van der Waals surface area contributed by atoms with Crippen molar-refractivity contribution in [2.24, 2.45) is 11.8 Å².